The predicted molar refractivity (Wildman–Crippen MR) is 70.4 cm³/mol. The maximum absolute atomic E-state index is 12.6. The van der Waals surface area contributed by atoms with Gasteiger partial charge in [-0.2, -0.15) is 0 Å². The molecule has 4 nitrogen and oxygen atoms in total. The molecule has 3 aliphatic rings. The smallest absolute Gasteiger partial charge is 0.307 e. The molecule has 3 fully saturated rings. The number of amides is 1. The minimum Gasteiger partial charge on any atom is -0.481 e. The van der Waals surface area contributed by atoms with Gasteiger partial charge in [-0.1, -0.05) is 13.3 Å². The number of carbonyl (C=O) groups excluding carboxylic acids is 1. The van der Waals surface area contributed by atoms with Gasteiger partial charge in [0.15, 0.2) is 0 Å². The summed E-state index contributed by atoms with van der Waals surface area (Å²) in [7, 11) is 0. The molecule has 106 valence electrons. The SMILES string of the molecule is CC1C[C@H](C(=O)N2CC3CCCC3C2)[C@H](C(=O)O)C1. The van der Waals surface area contributed by atoms with Crippen LogP contribution in [0.4, 0.5) is 0 Å². The average Bonchev–Trinajstić information content (AvgIpc) is 2.99. The first-order chi connectivity index (χ1) is 9.06. The van der Waals surface area contributed by atoms with Gasteiger partial charge in [0.1, 0.15) is 0 Å². The Labute approximate surface area is 114 Å². The molecule has 4 heteroatoms. The second kappa shape index (κ2) is 4.80. The molecule has 0 radical (unpaired) electrons. The zero-order valence-electron chi connectivity index (χ0n) is 11.5. The number of hydrogen-bond acceptors (Lipinski definition) is 2. The van der Waals surface area contributed by atoms with Gasteiger partial charge in [0.05, 0.1) is 11.8 Å². The summed E-state index contributed by atoms with van der Waals surface area (Å²) >= 11 is 0. The number of fused-ring (bicyclic) bond motifs is 1. The Bertz CT molecular complexity index is 383. The number of aliphatic carboxylic acids is 1. The number of carboxylic acid groups (broad SMARTS) is 1. The number of carbonyl (C=O) groups is 2. The van der Waals surface area contributed by atoms with Gasteiger partial charge in [-0.25, -0.2) is 0 Å². The maximum Gasteiger partial charge on any atom is 0.307 e. The summed E-state index contributed by atoms with van der Waals surface area (Å²) < 4.78 is 0. The van der Waals surface area contributed by atoms with E-state index in [-0.39, 0.29) is 11.8 Å². The number of likely N-dealkylation sites (tertiary alicyclic amines) is 1. The van der Waals surface area contributed by atoms with Crippen molar-refractivity contribution >= 4 is 11.9 Å². The van der Waals surface area contributed by atoms with Crippen LogP contribution in [0, 0.1) is 29.6 Å². The number of carboxylic acids is 1. The van der Waals surface area contributed by atoms with Crippen molar-refractivity contribution in [2.24, 2.45) is 29.6 Å². The van der Waals surface area contributed by atoms with Crippen LogP contribution in [-0.2, 0) is 9.59 Å². The van der Waals surface area contributed by atoms with Crippen molar-refractivity contribution in [1.29, 1.82) is 0 Å². The van der Waals surface area contributed by atoms with Crippen LogP contribution in [0.3, 0.4) is 0 Å². The van der Waals surface area contributed by atoms with Crippen LogP contribution in [0.15, 0.2) is 0 Å². The number of nitrogens with zero attached hydrogens (tertiary/aromatic N) is 1. The summed E-state index contributed by atoms with van der Waals surface area (Å²) in [6, 6.07) is 0. The molecule has 1 amide bonds. The first-order valence-corrected chi connectivity index (χ1v) is 7.58. The van der Waals surface area contributed by atoms with E-state index in [4.69, 9.17) is 0 Å². The monoisotopic (exact) mass is 265 g/mol. The largest absolute Gasteiger partial charge is 0.481 e. The highest BCUT2D eigenvalue weighted by Gasteiger charge is 2.46. The summed E-state index contributed by atoms with van der Waals surface area (Å²) in [6.45, 7) is 3.81. The zero-order chi connectivity index (χ0) is 13.6. The van der Waals surface area contributed by atoms with Gasteiger partial charge >= 0.3 is 5.97 Å². The standard InChI is InChI=1S/C15H23NO3/c1-9-5-12(13(6-9)15(18)19)14(17)16-7-10-3-2-4-11(10)8-16/h9-13H,2-8H2,1H3,(H,18,19)/t9?,10?,11?,12-,13+/m0/s1. The van der Waals surface area contributed by atoms with Crippen LogP contribution in [0.1, 0.15) is 39.0 Å². The van der Waals surface area contributed by atoms with Crippen LogP contribution in [-0.4, -0.2) is 35.0 Å². The zero-order valence-corrected chi connectivity index (χ0v) is 11.5. The quantitative estimate of drug-likeness (QED) is 0.830. The number of rotatable bonds is 2. The Morgan fingerprint density at radius 1 is 1.05 bits per heavy atom. The molecular formula is C15H23NO3. The van der Waals surface area contributed by atoms with Crippen LogP contribution in [0.25, 0.3) is 0 Å². The molecule has 3 unspecified atom stereocenters. The molecule has 1 N–H and O–H groups in total. The maximum atomic E-state index is 12.6. The lowest BCUT2D eigenvalue weighted by Crippen LogP contribution is -2.38. The fourth-order valence-corrected chi connectivity index (χ4v) is 4.49. The lowest BCUT2D eigenvalue weighted by atomic mass is 9.95. The van der Waals surface area contributed by atoms with Gasteiger partial charge < -0.3 is 10.0 Å². The molecule has 0 aromatic heterocycles. The minimum atomic E-state index is -0.790. The number of hydrogen-bond donors (Lipinski definition) is 1. The van der Waals surface area contributed by atoms with Gasteiger partial charge in [-0.3, -0.25) is 9.59 Å². The Kier molecular flexibility index (Phi) is 3.27. The highest BCUT2D eigenvalue weighted by molar-refractivity contribution is 5.85. The van der Waals surface area contributed by atoms with Gasteiger partial charge in [0.2, 0.25) is 5.91 Å². The fourth-order valence-electron chi connectivity index (χ4n) is 4.49. The second-order valence-electron chi connectivity index (χ2n) is 6.82. The Morgan fingerprint density at radius 2 is 1.63 bits per heavy atom. The van der Waals surface area contributed by atoms with E-state index in [2.05, 4.69) is 6.92 Å². The van der Waals surface area contributed by atoms with E-state index in [9.17, 15) is 14.7 Å². The Hall–Kier alpha value is -1.06. The van der Waals surface area contributed by atoms with Crippen molar-refractivity contribution < 1.29 is 14.7 Å². The molecule has 3 rings (SSSR count). The van der Waals surface area contributed by atoms with Gasteiger partial charge in [0, 0.05) is 13.1 Å². The first-order valence-electron chi connectivity index (χ1n) is 7.58. The summed E-state index contributed by atoms with van der Waals surface area (Å²) in [4.78, 5) is 25.9. The van der Waals surface area contributed by atoms with E-state index in [0.29, 0.717) is 24.2 Å². The molecule has 0 spiro atoms. The average molecular weight is 265 g/mol. The van der Waals surface area contributed by atoms with Crippen LogP contribution >= 0.6 is 0 Å². The second-order valence-corrected chi connectivity index (χ2v) is 6.82. The van der Waals surface area contributed by atoms with Crippen molar-refractivity contribution in [3.63, 3.8) is 0 Å². The lowest BCUT2D eigenvalue weighted by molar-refractivity contribution is -0.148. The molecule has 0 aromatic rings. The van der Waals surface area contributed by atoms with Crippen molar-refractivity contribution in [2.75, 3.05) is 13.1 Å². The predicted octanol–water partition coefficient (Wildman–Crippen LogP) is 1.99. The normalized spacial score (nSPS) is 41.5. The molecule has 19 heavy (non-hydrogen) atoms. The van der Waals surface area contributed by atoms with Gasteiger partial charge in [-0.05, 0) is 43.4 Å². The van der Waals surface area contributed by atoms with Crippen molar-refractivity contribution in [1.82, 2.24) is 4.90 Å². The molecule has 1 heterocycles. The third-order valence-electron chi connectivity index (χ3n) is 5.47. The Balaban J connectivity index is 1.68. The molecule has 2 aliphatic carbocycles. The summed E-state index contributed by atoms with van der Waals surface area (Å²) in [5.41, 5.74) is 0. The van der Waals surface area contributed by atoms with E-state index < -0.39 is 11.9 Å². The topological polar surface area (TPSA) is 57.6 Å². The molecular weight excluding hydrogens is 242 g/mol. The molecule has 1 aliphatic heterocycles. The van der Waals surface area contributed by atoms with Crippen LogP contribution in [0.2, 0.25) is 0 Å². The fraction of sp³-hybridized carbons (Fsp3) is 0.867. The summed E-state index contributed by atoms with van der Waals surface area (Å²) in [5.74, 6) is 0.330. The third kappa shape index (κ3) is 2.26. The van der Waals surface area contributed by atoms with Gasteiger partial charge in [0.25, 0.3) is 0 Å². The molecule has 2 saturated carbocycles. The van der Waals surface area contributed by atoms with E-state index >= 15 is 0 Å². The summed E-state index contributed by atoms with van der Waals surface area (Å²) in [5, 5.41) is 9.28. The molecule has 0 aromatic carbocycles. The molecule has 1 saturated heterocycles. The highest BCUT2D eigenvalue weighted by Crippen LogP contribution is 2.42. The highest BCUT2D eigenvalue weighted by atomic mass is 16.4. The molecule has 0 bridgehead atoms. The van der Waals surface area contributed by atoms with Crippen molar-refractivity contribution in [3.8, 4) is 0 Å². The van der Waals surface area contributed by atoms with Crippen molar-refractivity contribution in [2.45, 2.75) is 39.0 Å². The summed E-state index contributed by atoms with van der Waals surface area (Å²) in [6.07, 6.45) is 5.21. The first kappa shape index (κ1) is 12.9. The Morgan fingerprint density at radius 3 is 2.21 bits per heavy atom. The molecule has 5 atom stereocenters. The van der Waals surface area contributed by atoms with E-state index in [1.54, 1.807) is 0 Å². The van der Waals surface area contributed by atoms with Crippen LogP contribution < -0.4 is 0 Å². The van der Waals surface area contributed by atoms with Crippen LogP contribution in [0.5, 0.6) is 0 Å². The van der Waals surface area contributed by atoms with E-state index in [1.807, 2.05) is 4.90 Å². The van der Waals surface area contributed by atoms with E-state index in [1.165, 1.54) is 19.3 Å². The minimum absolute atomic E-state index is 0.117. The lowest BCUT2D eigenvalue weighted by Gasteiger charge is -2.23. The van der Waals surface area contributed by atoms with Gasteiger partial charge in [-0.15, -0.1) is 0 Å². The van der Waals surface area contributed by atoms with E-state index in [0.717, 1.165) is 19.5 Å². The third-order valence-corrected chi connectivity index (χ3v) is 5.47. The van der Waals surface area contributed by atoms with Crippen molar-refractivity contribution in [3.05, 3.63) is 0 Å².